The maximum absolute atomic E-state index is 13.8. The number of aromatic nitrogens is 6. The molecule has 0 bridgehead atoms. The molecule has 7 aromatic carbocycles. The van der Waals surface area contributed by atoms with Gasteiger partial charge in [0.05, 0.1) is 45.9 Å². The number of amidine groups is 2. The third-order valence-corrected chi connectivity index (χ3v) is 18.0. The summed E-state index contributed by atoms with van der Waals surface area (Å²) >= 11 is 0. The number of aromatic amines is 2. The van der Waals surface area contributed by atoms with Crippen LogP contribution < -0.4 is 44.2 Å². The van der Waals surface area contributed by atoms with Crippen LogP contribution in [-0.2, 0) is 29.5 Å². The van der Waals surface area contributed by atoms with E-state index < -0.39 is 23.5 Å². The van der Waals surface area contributed by atoms with Gasteiger partial charge in [0.1, 0.15) is 40.6 Å². The van der Waals surface area contributed by atoms with Crippen LogP contribution in [0.2, 0.25) is 0 Å². The molecule has 0 saturated carbocycles. The van der Waals surface area contributed by atoms with Gasteiger partial charge in [0.2, 0.25) is 11.8 Å². The Kier molecular flexibility index (Phi) is 19.8. The number of hydrogen-bond donors (Lipinski definition) is 10. The number of aliphatic imine (C=N–C) groups is 2. The minimum absolute atomic E-state index is 0.0174. The summed E-state index contributed by atoms with van der Waals surface area (Å²) in [5.41, 5.74) is 37.6. The smallest absolute Gasteiger partial charge is 0.252 e. The van der Waals surface area contributed by atoms with Gasteiger partial charge in [-0.3, -0.25) is 43.4 Å². The first-order chi connectivity index (χ1) is 49.0. The SMILES string of the molecule is CC1=NC2C(C(N)=O)=CC=CC2N1.Cc1[nH]c2cc(F)cc3c2c1CCNC3=O.Cc1ccc(-c2[nH]c3cc(F)cc4c3c2CCNC4=O)cc1.Cc1ccc(-n2cc3cccc(C(N)=O)c3n2)cc1.Cc1ccc(C2=NC3C(C(N)=O)=CC=CC3N2)cc1.Cn1cc2cccc(C(N)=O)c2n1. The Balaban J connectivity index is 0.000000117. The van der Waals surface area contributed by atoms with Gasteiger partial charge >= 0.3 is 0 Å². The van der Waals surface area contributed by atoms with Gasteiger partial charge in [-0.05, 0) is 113 Å². The number of allylic oxidation sites excluding steroid dienone is 4. The standard InChI is InChI=1S/C18H15FN2O.C15H13N3O.C15H15N3O.C12H11FN2O.C9H9N3O.C9H11N3O/c1-10-2-4-11(5-3-10)17-13-6-7-20-18(22)14-8-12(19)9-15(21-17)16(13)14;1-10-5-7-12(8-6-10)18-9-11-3-2-4-13(15(16)19)14(11)17-18;1-9-5-7-10(8-6-9)15-17-12-4-2-3-11(14(16)19)13(12)18-15;1-6-8-2-3-14-12(16)9-4-7(13)5-10(15-6)11(8)9;1-12-5-6-3-2-4-7(9(10)13)8(6)11-12;1-5-11-7-4-2-3-6(9(10)13)8(7)12-5/h2-5,8-9,21H,6-7H2,1H3,(H,20,22);2-9H,1H3,(H2,16,19);2-8,12-13H,1H3,(H2,16,19)(H,17,18);4-5,15H,2-3H2,1H3,(H,14,16);2-5H,1H3,(H2,10,13);2-4,7-8H,1H3,(H2,10,13)(H,11,12). The Morgan fingerprint density at radius 3 is 1.56 bits per heavy atom. The number of fused-ring (bicyclic) bond motifs is 4. The number of primary amides is 4. The molecule has 102 heavy (non-hydrogen) atoms. The second-order valence-corrected chi connectivity index (χ2v) is 25.3. The summed E-state index contributed by atoms with van der Waals surface area (Å²) in [6, 6.07) is 40.5. The van der Waals surface area contributed by atoms with E-state index in [0.717, 1.165) is 85.4 Å². The second-order valence-electron chi connectivity index (χ2n) is 25.3. The van der Waals surface area contributed by atoms with Crippen LogP contribution in [0, 0.1) is 39.3 Å². The van der Waals surface area contributed by atoms with Crippen molar-refractivity contribution in [3.8, 4) is 16.9 Å². The van der Waals surface area contributed by atoms with E-state index in [4.69, 9.17) is 22.9 Å². The van der Waals surface area contributed by atoms with Crippen LogP contribution in [0.15, 0.2) is 203 Å². The van der Waals surface area contributed by atoms with E-state index in [-0.39, 0.29) is 47.7 Å². The average molecular weight is 1370 g/mol. The molecule has 0 fully saturated rings. The number of nitrogens with zero attached hydrogens (tertiary/aromatic N) is 6. The fourth-order valence-electron chi connectivity index (χ4n) is 13.0. The molecule has 4 aliphatic heterocycles. The molecule has 6 amide bonds. The number of hydrogen-bond acceptors (Lipinski definition) is 12. The number of amides is 6. The minimum atomic E-state index is -0.459. The topological polar surface area (TPSA) is 347 Å². The molecule has 22 nitrogen and oxygen atoms in total. The van der Waals surface area contributed by atoms with Gasteiger partial charge in [-0.25, -0.2) is 13.5 Å². The average Bonchev–Trinajstić information content (AvgIpc) is 1.61. The van der Waals surface area contributed by atoms with Crippen LogP contribution in [-0.4, -0.2) is 114 Å². The number of halogens is 2. The van der Waals surface area contributed by atoms with Crippen molar-refractivity contribution in [3.63, 3.8) is 0 Å². The fourth-order valence-corrected chi connectivity index (χ4v) is 13.0. The first kappa shape index (κ1) is 69.1. The van der Waals surface area contributed by atoms with Gasteiger partial charge in [-0.1, -0.05) is 138 Å². The van der Waals surface area contributed by atoms with Crippen molar-refractivity contribution in [1.29, 1.82) is 0 Å². The molecule has 14 N–H and O–H groups in total. The van der Waals surface area contributed by atoms with Crippen LogP contribution >= 0.6 is 0 Å². The molecule has 8 heterocycles. The Morgan fingerprint density at radius 1 is 0.529 bits per heavy atom. The summed E-state index contributed by atoms with van der Waals surface area (Å²) < 4.78 is 30.6. The lowest BCUT2D eigenvalue weighted by atomic mass is 9.95. The van der Waals surface area contributed by atoms with Crippen molar-refractivity contribution in [2.75, 3.05) is 13.1 Å². The van der Waals surface area contributed by atoms with Gasteiger partial charge in [-0.2, -0.15) is 10.2 Å². The van der Waals surface area contributed by atoms with Gasteiger partial charge in [0, 0.05) is 93.2 Å². The van der Waals surface area contributed by atoms with Crippen LogP contribution in [0.4, 0.5) is 8.78 Å². The summed E-state index contributed by atoms with van der Waals surface area (Å²) in [5.74, 6) is -1.21. The normalized spacial score (nSPS) is 17.1. The lowest BCUT2D eigenvalue weighted by Crippen LogP contribution is -2.38. The van der Waals surface area contributed by atoms with Gasteiger partial charge in [0.25, 0.3) is 23.6 Å². The van der Waals surface area contributed by atoms with Crippen LogP contribution in [0.5, 0.6) is 0 Å². The molecule has 0 saturated heterocycles. The summed E-state index contributed by atoms with van der Waals surface area (Å²) in [7, 11) is 1.81. The van der Waals surface area contributed by atoms with Crippen LogP contribution in [0.1, 0.15) is 87.4 Å². The molecule has 0 spiro atoms. The van der Waals surface area contributed by atoms with E-state index in [0.29, 0.717) is 68.6 Å². The summed E-state index contributed by atoms with van der Waals surface area (Å²) in [6.07, 6.45) is 16.4. The molecule has 0 radical (unpaired) electrons. The molecular formula is C78H74F2N16O6. The first-order valence-corrected chi connectivity index (χ1v) is 32.9. The fraction of sp³-hybridized carbons (Fsp3) is 0.179. The maximum atomic E-state index is 13.8. The van der Waals surface area contributed by atoms with Crippen molar-refractivity contribution in [1.82, 2.24) is 50.8 Å². The molecule has 4 aromatic heterocycles. The quantitative estimate of drug-likeness (QED) is 0.0720. The van der Waals surface area contributed by atoms with Gasteiger partial charge < -0.3 is 54.2 Å². The summed E-state index contributed by atoms with van der Waals surface area (Å²) in [5, 5.41) is 24.2. The molecule has 24 heteroatoms. The molecule has 4 unspecified atom stereocenters. The molecule has 11 aromatic rings. The summed E-state index contributed by atoms with van der Waals surface area (Å²) in [4.78, 5) is 84.0. The van der Waals surface area contributed by atoms with Gasteiger partial charge in [-0.15, -0.1) is 0 Å². The third kappa shape index (κ3) is 14.8. The monoisotopic (exact) mass is 1370 g/mol. The van der Waals surface area contributed by atoms with E-state index in [2.05, 4.69) is 63.6 Å². The van der Waals surface area contributed by atoms with E-state index >= 15 is 0 Å². The van der Waals surface area contributed by atoms with E-state index in [1.54, 1.807) is 39.7 Å². The maximum Gasteiger partial charge on any atom is 0.252 e. The van der Waals surface area contributed by atoms with Gasteiger partial charge in [0.15, 0.2) is 0 Å². The van der Waals surface area contributed by atoms with E-state index in [1.807, 2.05) is 157 Å². The number of nitrogens with two attached hydrogens (primary N) is 4. The van der Waals surface area contributed by atoms with Crippen molar-refractivity contribution >= 4 is 90.7 Å². The van der Waals surface area contributed by atoms with Crippen molar-refractivity contribution in [2.24, 2.45) is 40.0 Å². The molecule has 6 aliphatic rings. The number of rotatable bonds is 7. The largest absolute Gasteiger partial charge is 0.366 e. The molecule has 516 valence electrons. The lowest BCUT2D eigenvalue weighted by Gasteiger charge is -2.18. The molecule has 17 rings (SSSR count). The zero-order valence-corrected chi connectivity index (χ0v) is 56.7. The second kappa shape index (κ2) is 29.3. The van der Waals surface area contributed by atoms with Crippen molar-refractivity contribution in [3.05, 3.63) is 266 Å². The van der Waals surface area contributed by atoms with E-state index in [9.17, 15) is 37.5 Å². The minimum Gasteiger partial charge on any atom is -0.366 e. The number of carbonyl (C=O) groups excluding carboxylic acids is 6. The predicted molar refractivity (Wildman–Crippen MR) is 392 cm³/mol. The van der Waals surface area contributed by atoms with Crippen molar-refractivity contribution < 1.29 is 37.5 Å². The zero-order chi connectivity index (χ0) is 72.2. The number of nitrogens with one attached hydrogen (secondary N) is 6. The van der Waals surface area contributed by atoms with Crippen LogP contribution in [0.25, 0.3) is 60.6 Å². The Morgan fingerprint density at radius 2 is 1.01 bits per heavy atom. The Bertz CT molecular complexity index is 5360. The molecule has 2 aliphatic carbocycles. The third-order valence-electron chi connectivity index (χ3n) is 18.0. The highest BCUT2D eigenvalue weighted by Gasteiger charge is 2.35. The number of aryl methyl sites for hydroxylation is 5. The highest BCUT2D eigenvalue weighted by atomic mass is 19.1. The first-order valence-electron chi connectivity index (χ1n) is 32.9. The Labute approximate surface area is 584 Å². The van der Waals surface area contributed by atoms with E-state index in [1.165, 1.54) is 41.0 Å². The summed E-state index contributed by atoms with van der Waals surface area (Å²) in [6.45, 7) is 11.1. The lowest BCUT2D eigenvalue weighted by molar-refractivity contribution is -0.115. The highest BCUT2D eigenvalue weighted by molar-refractivity contribution is 6.11. The molecule has 4 atom stereocenters. The zero-order valence-electron chi connectivity index (χ0n) is 56.7. The Hall–Kier alpha value is -12.9. The number of carbonyl (C=O) groups is 6. The number of H-pyrrole nitrogens is 2. The predicted octanol–water partition coefficient (Wildman–Crippen LogP) is 9.36. The highest BCUT2D eigenvalue weighted by Crippen LogP contribution is 2.36. The van der Waals surface area contributed by atoms with Crippen molar-refractivity contribution in [2.45, 2.75) is 71.6 Å². The number of benzene rings is 7. The van der Waals surface area contributed by atoms with Crippen LogP contribution in [0.3, 0.4) is 0 Å². The molecular weight excluding hydrogens is 1290 g/mol.